The molecular formula is C44H34S. The van der Waals surface area contributed by atoms with Gasteiger partial charge in [-0.1, -0.05) is 121 Å². The minimum absolute atomic E-state index is 0.218. The zero-order valence-corrected chi connectivity index (χ0v) is 26.1. The van der Waals surface area contributed by atoms with E-state index >= 15 is 0 Å². The third kappa shape index (κ3) is 3.25. The number of hydrogen-bond acceptors (Lipinski definition) is 1. The lowest BCUT2D eigenvalue weighted by molar-refractivity contribution is -0.0399. The molecule has 0 unspecified atom stereocenters. The summed E-state index contributed by atoms with van der Waals surface area (Å²) in [5, 5.41) is 2.74. The van der Waals surface area contributed by atoms with E-state index in [1.165, 1.54) is 97.2 Å². The summed E-state index contributed by atoms with van der Waals surface area (Å²) in [4.78, 5) is 2.71. The third-order valence-corrected chi connectivity index (χ3v) is 13.6. The van der Waals surface area contributed by atoms with E-state index in [9.17, 15) is 0 Å². The minimum atomic E-state index is 0.218. The van der Waals surface area contributed by atoms with E-state index < -0.39 is 0 Å². The summed E-state index contributed by atoms with van der Waals surface area (Å²) in [6.45, 7) is 0. The highest BCUT2D eigenvalue weighted by Gasteiger charge is 2.61. The van der Waals surface area contributed by atoms with E-state index in [0.29, 0.717) is 0 Å². The van der Waals surface area contributed by atoms with E-state index in [2.05, 4.69) is 121 Å². The summed E-state index contributed by atoms with van der Waals surface area (Å²) in [7, 11) is 0. The van der Waals surface area contributed by atoms with Gasteiger partial charge in [-0.3, -0.25) is 0 Å². The van der Waals surface area contributed by atoms with Gasteiger partial charge in [0.2, 0.25) is 0 Å². The maximum absolute atomic E-state index is 2.51. The van der Waals surface area contributed by atoms with Crippen LogP contribution in [-0.2, 0) is 5.41 Å². The van der Waals surface area contributed by atoms with Crippen LogP contribution in [0.3, 0.4) is 0 Å². The molecule has 0 N–H and O–H groups in total. The normalized spacial score (nSPS) is 26.2. The number of fused-ring (bicyclic) bond motifs is 5. The highest BCUT2D eigenvalue weighted by molar-refractivity contribution is 7.99. The van der Waals surface area contributed by atoms with Crippen LogP contribution in [0.4, 0.5) is 0 Å². The van der Waals surface area contributed by atoms with Crippen molar-refractivity contribution in [1.29, 1.82) is 0 Å². The SMILES string of the molecule is c1ccc2c(c1)Sc1ccc(-c3ccc(-c4cccc5c4-c4ccccc4C54C5CC6CC(C5)CC4C6)cc3)c3cccc-2c13. The van der Waals surface area contributed by atoms with Crippen molar-refractivity contribution in [3.05, 3.63) is 132 Å². The molecule has 6 aromatic carbocycles. The number of hydrogen-bond donors (Lipinski definition) is 0. The van der Waals surface area contributed by atoms with Gasteiger partial charge >= 0.3 is 0 Å². The Bertz CT molecular complexity index is 2170. The van der Waals surface area contributed by atoms with Crippen molar-refractivity contribution >= 4 is 22.5 Å². The Morgan fingerprint density at radius 1 is 0.444 bits per heavy atom. The summed E-state index contributed by atoms with van der Waals surface area (Å²) in [5.74, 6) is 3.53. The van der Waals surface area contributed by atoms with E-state index in [1.807, 2.05) is 11.8 Å². The van der Waals surface area contributed by atoms with Gasteiger partial charge in [0.1, 0.15) is 0 Å². The molecule has 1 heterocycles. The van der Waals surface area contributed by atoms with Gasteiger partial charge in [-0.15, -0.1) is 0 Å². The van der Waals surface area contributed by atoms with Gasteiger partial charge in [-0.05, 0) is 129 Å². The zero-order chi connectivity index (χ0) is 29.3. The molecular weight excluding hydrogens is 561 g/mol. The molecule has 0 radical (unpaired) electrons. The topological polar surface area (TPSA) is 0 Å². The Labute approximate surface area is 269 Å². The Morgan fingerprint density at radius 3 is 1.87 bits per heavy atom. The predicted octanol–water partition coefficient (Wildman–Crippen LogP) is 12.0. The molecule has 4 saturated carbocycles. The maximum atomic E-state index is 2.51. The first-order valence-electron chi connectivity index (χ1n) is 16.9. The molecule has 6 aliphatic rings. The Hall–Kier alpha value is -4.07. The molecule has 0 saturated heterocycles. The van der Waals surface area contributed by atoms with E-state index in [0.717, 1.165) is 23.7 Å². The summed E-state index contributed by atoms with van der Waals surface area (Å²) in [6, 6.07) is 46.6. The van der Waals surface area contributed by atoms with E-state index in [-0.39, 0.29) is 5.41 Å². The van der Waals surface area contributed by atoms with Crippen molar-refractivity contribution in [2.24, 2.45) is 23.7 Å². The first-order valence-corrected chi connectivity index (χ1v) is 17.8. The molecule has 4 bridgehead atoms. The molecule has 0 aromatic heterocycles. The largest absolute Gasteiger partial charge is 0.0888 e. The van der Waals surface area contributed by atoms with Gasteiger partial charge in [0, 0.05) is 20.6 Å². The van der Waals surface area contributed by atoms with E-state index in [4.69, 9.17) is 0 Å². The van der Waals surface area contributed by atoms with Crippen LogP contribution in [0.1, 0.15) is 43.2 Å². The first-order chi connectivity index (χ1) is 22.3. The lowest BCUT2D eigenvalue weighted by Crippen LogP contribution is -2.55. The smallest absolute Gasteiger partial charge is 0.0272 e. The van der Waals surface area contributed by atoms with Gasteiger partial charge in [-0.25, -0.2) is 0 Å². The fraction of sp³-hybridized carbons (Fsp3) is 0.227. The van der Waals surface area contributed by atoms with Crippen LogP contribution in [-0.4, -0.2) is 0 Å². The van der Waals surface area contributed by atoms with Crippen molar-refractivity contribution in [2.75, 3.05) is 0 Å². The van der Waals surface area contributed by atoms with Gasteiger partial charge < -0.3 is 0 Å². The Kier molecular flexibility index (Phi) is 5.04. The summed E-state index contributed by atoms with van der Waals surface area (Å²) < 4.78 is 0. The fourth-order valence-electron chi connectivity index (χ4n) is 11.1. The van der Waals surface area contributed by atoms with Crippen molar-refractivity contribution < 1.29 is 0 Å². The molecule has 1 aliphatic heterocycles. The fourth-order valence-corrected chi connectivity index (χ4v) is 12.2. The zero-order valence-electron chi connectivity index (χ0n) is 25.3. The Balaban J connectivity index is 1.05. The average molecular weight is 595 g/mol. The average Bonchev–Trinajstić information content (AvgIpc) is 3.38. The van der Waals surface area contributed by atoms with Gasteiger partial charge in [0.05, 0.1) is 0 Å². The highest BCUT2D eigenvalue weighted by atomic mass is 32.2. The Morgan fingerprint density at radius 2 is 1.07 bits per heavy atom. The van der Waals surface area contributed by atoms with Gasteiger partial charge in [0.25, 0.3) is 0 Å². The summed E-state index contributed by atoms with van der Waals surface area (Å²) in [5.41, 5.74) is 14.6. The van der Waals surface area contributed by atoms with Crippen LogP contribution in [0.25, 0.3) is 55.3 Å². The van der Waals surface area contributed by atoms with Crippen LogP contribution in [0, 0.1) is 23.7 Å². The lowest BCUT2D eigenvalue weighted by atomic mass is 9.43. The lowest BCUT2D eigenvalue weighted by Gasteiger charge is -2.61. The molecule has 5 aliphatic carbocycles. The minimum Gasteiger partial charge on any atom is -0.0888 e. The second kappa shape index (κ2) is 9.02. The molecule has 1 spiro atoms. The maximum Gasteiger partial charge on any atom is 0.0272 e. The highest BCUT2D eigenvalue weighted by Crippen LogP contribution is 2.70. The molecule has 6 aromatic rings. The monoisotopic (exact) mass is 594 g/mol. The van der Waals surface area contributed by atoms with Crippen LogP contribution >= 0.6 is 11.8 Å². The van der Waals surface area contributed by atoms with Crippen LogP contribution < -0.4 is 0 Å². The quantitative estimate of drug-likeness (QED) is 0.192. The third-order valence-electron chi connectivity index (χ3n) is 12.5. The molecule has 0 amide bonds. The second-order valence-corrected chi connectivity index (χ2v) is 15.5. The standard InChI is InChI=1S/C44H34S/c1-3-12-38-37(8-1)42-33(9-6-13-39(42)44(38)30-22-26-21-27(24-30)25-31(44)23-26)29-17-15-28(16-18-29)32-19-20-41-43-35(32)10-5-11-36(43)34-7-2-4-14-40(34)45-41/h1-20,26-27,30-31H,21-25H2. The van der Waals surface area contributed by atoms with E-state index in [1.54, 1.807) is 11.1 Å². The van der Waals surface area contributed by atoms with Gasteiger partial charge in [-0.2, -0.15) is 0 Å². The van der Waals surface area contributed by atoms with Crippen LogP contribution in [0.15, 0.2) is 131 Å². The molecule has 4 fully saturated rings. The van der Waals surface area contributed by atoms with Crippen molar-refractivity contribution in [2.45, 2.75) is 47.3 Å². The number of rotatable bonds is 2. The molecule has 0 nitrogen and oxygen atoms in total. The van der Waals surface area contributed by atoms with Gasteiger partial charge in [0.15, 0.2) is 0 Å². The molecule has 216 valence electrons. The van der Waals surface area contributed by atoms with Crippen molar-refractivity contribution in [3.63, 3.8) is 0 Å². The van der Waals surface area contributed by atoms with Crippen LogP contribution in [0.2, 0.25) is 0 Å². The van der Waals surface area contributed by atoms with Crippen molar-refractivity contribution in [3.8, 4) is 44.5 Å². The van der Waals surface area contributed by atoms with Crippen molar-refractivity contribution in [1.82, 2.24) is 0 Å². The summed E-state index contributed by atoms with van der Waals surface area (Å²) >= 11 is 1.90. The number of benzene rings is 6. The molecule has 1 heteroatoms. The first kappa shape index (κ1) is 25.2. The molecule has 45 heavy (non-hydrogen) atoms. The summed E-state index contributed by atoms with van der Waals surface area (Å²) in [6.07, 6.45) is 7.21. The second-order valence-electron chi connectivity index (χ2n) is 14.5. The predicted molar refractivity (Wildman–Crippen MR) is 188 cm³/mol. The molecule has 12 rings (SSSR count). The molecule has 0 atom stereocenters. The van der Waals surface area contributed by atoms with Crippen LogP contribution in [0.5, 0.6) is 0 Å².